The van der Waals surface area contributed by atoms with Gasteiger partial charge in [0.1, 0.15) is 34.4 Å². The molecular weight excluding hydrogens is 785 g/mol. The summed E-state index contributed by atoms with van der Waals surface area (Å²) in [5.74, 6) is 3.84. The molecule has 0 aliphatic rings. The predicted molar refractivity (Wildman–Crippen MR) is 241 cm³/mol. The van der Waals surface area contributed by atoms with Crippen LogP contribution in [0.2, 0.25) is 0 Å². The lowest BCUT2D eigenvalue weighted by atomic mass is 9.97. The van der Waals surface area contributed by atoms with Crippen LogP contribution in [0.3, 0.4) is 0 Å². The van der Waals surface area contributed by atoms with Crippen LogP contribution in [-0.4, -0.2) is 63.7 Å². The number of hydrogen-bond acceptors (Lipinski definition) is 10. The van der Waals surface area contributed by atoms with Crippen molar-refractivity contribution in [2.75, 3.05) is 41.5 Å². The molecule has 0 unspecified atom stereocenters. The average Bonchev–Trinajstić information content (AvgIpc) is 3.93. The molecule has 0 saturated carbocycles. The Bertz CT molecular complexity index is 2120. The van der Waals surface area contributed by atoms with E-state index in [0.29, 0.717) is 36.0 Å². The molecule has 12 nitrogen and oxygen atoms in total. The average molecular weight is 843 g/mol. The summed E-state index contributed by atoms with van der Waals surface area (Å²) in [7, 11) is 6.52. The summed E-state index contributed by atoms with van der Waals surface area (Å²) < 4.78 is 32.9. The van der Waals surface area contributed by atoms with Crippen molar-refractivity contribution in [1.29, 1.82) is 0 Å². The van der Waals surface area contributed by atoms with E-state index in [9.17, 15) is 9.59 Å². The molecular formula is C50H58N4O8. The lowest BCUT2D eigenvalue weighted by molar-refractivity contribution is -0.121. The van der Waals surface area contributed by atoms with E-state index in [1.807, 2.05) is 97.1 Å². The molecule has 326 valence electrons. The molecule has 0 spiro atoms. The fourth-order valence-corrected chi connectivity index (χ4v) is 7.43. The first kappa shape index (κ1) is 45.0. The van der Waals surface area contributed by atoms with Gasteiger partial charge in [0, 0.05) is 24.2 Å². The molecule has 2 aromatic heterocycles. The molecule has 0 bridgehead atoms. The van der Waals surface area contributed by atoms with E-state index in [4.69, 9.17) is 28.0 Å². The van der Waals surface area contributed by atoms with Crippen molar-refractivity contribution in [3.05, 3.63) is 109 Å². The molecule has 6 rings (SSSR count). The Kier molecular flexibility index (Phi) is 17.0. The number of hydrogen-bond donors (Lipinski definition) is 2. The Morgan fingerprint density at radius 1 is 0.419 bits per heavy atom. The third kappa shape index (κ3) is 12.5. The van der Waals surface area contributed by atoms with Gasteiger partial charge in [0.25, 0.3) is 0 Å². The van der Waals surface area contributed by atoms with Gasteiger partial charge in [-0.05, 0) is 96.8 Å². The van der Waals surface area contributed by atoms with Crippen LogP contribution in [0.1, 0.15) is 75.7 Å². The van der Waals surface area contributed by atoms with Crippen molar-refractivity contribution < 1.29 is 37.6 Å². The van der Waals surface area contributed by atoms with Crippen LogP contribution in [0.4, 0.5) is 0 Å². The second kappa shape index (κ2) is 23.4. The highest BCUT2D eigenvalue weighted by atomic mass is 16.5. The second-order valence-electron chi connectivity index (χ2n) is 15.2. The molecule has 2 heterocycles. The van der Waals surface area contributed by atoms with Gasteiger partial charge in [0.05, 0.1) is 52.4 Å². The van der Waals surface area contributed by atoms with Gasteiger partial charge in [0.15, 0.2) is 11.5 Å². The van der Waals surface area contributed by atoms with Gasteiger partial charge in [-0.2, -0.15) is 0 Å². The smallest absolute Gasteiger partial charge is 0.227 e. The minimum Gasteiger partial charge on any atom is -0.497 e. The van der Waals surface area contributed by atoms with Gasteiger partial charge >= 0.3 is 0 Å². The van der Waals surface area contributed by atoms with Gasteiger partial charge < -0.3 is 38.6 Å². The summed E-state index contributed by atoms with van der Waals surface area (Å²) >= 11 is 0. The number of benzene rings is 4. The lowest BCUT2D eigenvalue weighted by Crippen LogP contribution is -2.26. The van der Waals surface area contributed by atoms with E-state index in [1.54, 1.807) is 28.4 Å². The number of nitrogens with zero attached hydrogens (tertiary/aromatic N) is 2. The number of carbonyl (C=O) groups is 2. The van der Waals surface area contributed by atoms with Crippen LogP contribution < -0.4 is 29.6 Å². The zero-order valence-corrected chi connectivity index (χ0v) is 36.3. The Morgan fingerprint density at radius 2 is 0.694 bits per heavy atom. The SMILES string of the molecule is COc1ccc(-c2noc(CC(=O)NCCCCCCCCCCCCNC(=O)Cc3onc(-c4ccc(OC)cc4)c3-c3ccc(OC)cc3)c2-c2ccc(OC)cc2)cc1. The van der Waals surface area contributed by atoms with Crippen LogP contribution in [0.25, 0.3) is 44.8 Å². The normalized spacial score (nSPS) is 11.0. The Morgan fingerprint density at radius 3 is 0.984 bits per heavy atom. The van der Waals surface area contributed by atoms with Gasteiger partial charge in [0.2, 0.25) is 11.8 Å². The predicted octanol–water partition coefficient (Wildman–Crippen LogP) is 10.3. The third-order valence-corrected chi connectivity index (χ3v) is 10.9. The maximum absolute atomic E-state index is 13.0. The molecule has 0 atom stereocenters. The number of rotatable bonds is 25. The van der Waals surface area contributed by atoms with Crippen molar-refractivity contribution in [3.63, 3.8) is 0 Å². The highest BCUT2D eigenvalue weighted by molar-refractivity contribution is 5.88. The van der Waals surface area contributed by atoms with Gasteiger partial charge in [-0.3, -0.25) is 9.59 Å². The van der Waals surface area contributed by atoms with Crippen LogP contribution in [0.5, 0.6) is 23.0 Å². The van der Waals surface area contributed by atoms with Crippen LogP contribution >= 0.6 is 0 Å². The van der Waals surface area contributed by atoms with Crippen LogP contribution in [0, 0.1) is 0 Å². The highest BCUT2D eigenvalue weighted by Gasteiger charge is 2.23. The quantitative estimate of drug-likeness (QED) is 0.0534. The van der Waals surface area contributed by atoms with E-state index < -0.39 is 0 Å². The lowest BCUT2D eigenvalue weighted by Gasteiger charge is -2.08. The Balaban J connectivity index is 0.840. The summed E-state index contributed by atoms with van der Waals surface area (Å²) in [6.07, 6.45) is 11.2. The van der Waals surface area contributed by atoms with Gasteiger partial charge in [-0.1, -0.05) is 85.9 Å². The largest absolute Gasteiger partial charge is 0.497 e. The molecule has 0 fully saturated rings. The number of carbonyl (C=O) groups excluding carboxylic acids is 2. The minimum atomic E-state index is -0.0928. The van der Waals surface area contributed by atoms with E-state index in [0.717, 1.165) is 94.9 Å². The van der Waals surface area contributed by atoms with Crippen molar-refractivity contribution in [2.24, 2.45) is 0 Å². The highest BCUT2D eigenvalue weighted by Crippen LogP contribution is 2.38. The van der Waals surface area contributed by atoms with E-state index in [-0.39, 0.29) is 24.7 Å². The monoisotopic (exact) mass is 842 g/mol. The molecule has 0 radical (unpaired) electrons. The summed E-state index contributed by atoms with van der Waals surface area (Å²) in [4.78, 5) is 26.0. The third-order valence-electron chi connectivity index (χ3n) is 10.9. The standard InChI is InChI=1S/C50H58N4O8/c1-57-39-23-15-35(16-24-39)47-43(61-53-49(47)37-19-27-41(59-3)28-20-37)33-45(55)51-31-13-11-9-7-5-6-8-10-12-14-32-52-46(56)34-44-48(36-17-25-40(58-2)26-18-36)50(54-62-44)38-21-29-42(60-4)30-22-38/h15-30H,5-14,31-34H2,1-4H3,(H,51,55)(H,52,56). The van der Waals surface area contributed by atoms with Crippen LogP contribution in [0.15, 0.2) is 106 Å². The van der Waals surface area contributed by atoms with Crippen molar-refractivity contribution in [1.82, 2.24) is 20.9 Å². The molecule has 2 N–H and O–H groups in total. The molecule has 0 aliphatic heterocycles. The topological polar surface area (TPSA) is 147 Å². The van der Waals surface area contributed by atoms with Gasteiger partial charge in [-0.15, -0.1) is 0 Å². The fourth-order valence-electron chi connectivity index (χ4n) is 7.43. The number of ether oxygens (including phenoxy) is 4. The fraction of sp³-hybridized carbons (Fsp3) is 0.360. The maximum Gasteiger partial charge on any atom is 0.227 e. The summed E-state index contributed by atoms with van der Waals surface area (Å²) in [6.45, 7) is 1.25. The number of unbranched alkanes of at least 4 members (excludes halogenated alkanes) is 9. The molecule has 4 aromatic carbocycles. The summed E-state index contributed by atoms with van der Waals surface area (Å²) in [5.41, 5.74) is 6.46. The Hall–Kier alpha value is -6.56. The molecule has 0 aliphatic carbocycles. The molecule has 6 aromatic rings. The Labute approximate surface area is 364 Å². The molecule has 12 heteroatoms. The molecule has 0 saturated heterocycles. The second-order valence-corrected chi connectivity index (χ2v) is 15.2. The summed E-state index contributed by atoms with van der Waals surface area (Å²) in [6, 6.07) is 30.6. The van der Waals surface area contributed by atoms with E-state index in [1.165, 1.54) is 25.7 Å². The number of aromatic nitrogens is 2. The number of nitrogens with one attached hydrogen (secondary N) is 2. The molecule has 62 heavy (non-hydrogen) atoms. The van der Waals surface area contributed by atoms with E-state index in [2.05, 4.69) is 20.9 Å². The first-order valence-corrected chi connectivity index (χ1v) is 21.5. The van der Waals surface area contributed by atoms with Crippen LogP contribution in [-0.2, 0) is 22.4 Å². The van der Waals surface area contributed by atoms with Gasteiger partial charge in [-0.25, -0.2) is 0 Å². The maximum atomic E-state index is 13.0. The zero-order chi connectivity index (χ0) is 43.5. The first-order chi connectivity index (χ1) is 30.4. The zero-order valence-electron chi connectivity index (χ0n) is 36.3. The first-order valence-electron chi connectivity index (χ1n) is 21.5. The summed E-state index contributed by atoms with van der Waals surface area (Å²) in [5, 5.41) is 14.9. The minimum absolute atomic E-state index is 0.0928. The number of amides is 2. The molecule has 2 amide bonds. The van der Waals surface area contributed by atoms with Crippen molar-refractivity contribution in [2.45, 2.75) is 77.0 Å². The van der Waals surface area contributed by atoms with E-state index >= 15 is 0 Å². The van der Waals surface area contributed by atoms with Crippen molar-refractivity contribution in [3.8, 4) is 67.8 Å². The van der Waals surface area contributed by atoms with Crippen molar-refractivity contribution >= 4 is 11.8 Å². The number of methoxy groups -OCH3 is 4.